The van der Waals surface area contributed by atoms with Gasteiger partial charge >= 0.3 is 0 Å². The minimum atomic E-state index is -0.0634. The summed E-state index contributed by atoms with van der Waals surface area (Å²) in [4.78, 5) is 7.88. The molecule has 0 amide bonds. The maximum Gasteiger partial charge on any atom is 0.221 e. The Kier molecular flexibility index (Phi) is 8.18. The first kappa shape index (κ1) is 37.2. The van der Waals surface area contributed by atoms with Crippen molar-refractivity contribution >= 4 is 55.9 Å². The molecule has 1 aliphatic rings. The maximum absolute atomic E-state index is 5.50. The Morgan fingerprint density at radius 2 is 0.938 bits per heavy atom. The van der Waals surface area contributed by atoms with Gasteiger partial charge in [-0.1, -0.05) is 159 Å². The quantitative estimate of drug-likeness (QED) is 0.160. The first-order chi connectivity index (χ1) is 32.0. The van der Waals surface area contributed by atoms with Gasteiger partial charge in [0.25, 0.3) is 0 Å². The zero-order valence-electron chi connectivity index (χ0n) is 36.1. The summed E-state index contributed by atoms with van der Waals surface area (Å²) in [5.41, 5.74) is 20.8. The maximum atomic E-state index is 5.50. The van der Waals surface area contributed by atoms with Crippen molar-refractivity contribution in [1.29, 1.82) is 0 Å². The second kappa shape index (κ2) is 14.3. The summed E-state index contributed by atoms with van der Waals surface area (Å²) in [6.07, 6.45) is 0. The van der Waals surface area contributed by atoms with Crippen molar-refractivity contribution in [2.75, 3.05) is 4.90 Å². The number of hydrogen-bond acceptors (Lipinski definition) is 2. The number of para-hydroxylation sites is 3. The second-order valence-corrected chi connectivity index (χ2v) is 17.7. The third-order valence-corrected chi connectivity index (χ3v) is 13.7. The Morgan fingerprint density at radius 3 is 1.65 bits per heavy atom. The SMILES string of the molecule is CC1(C)c2ccccc2-c2ccc(-c3ccc(N(c4ccc(-c5ccccc5)cc4)c4ccc5c(c4)n(-c4ccccc4)c4nc6c7ccccc7n(-c7ccccc7)c6n54)cc3)cc21. The van der Waals surface area contributed by atoms with E-state index in [1.807, 2.05) is 0 Å². The lowest BCUT2D eigenvalue weighted by Gasteiger charge is -2.26. The standard InChI is InChI=1S/C60H43N5/c1-60(2)52-24-14-12-22-49(52)50-36-30-43(38-53(50)60)42-28-33-47(34-29-42)62(46-31-26-41(27-32-46)40-16-6-3-7-17-40)48-35-37-55-56(39-48)64(45-20-10-5-11-21-45)59-61-57-51-23-13-15-25-54(51)63(58(57)65(55)59)44-18-8-4-9-19-44/h3-39H,1-2H3. The molecule has 0 N–H and O–H groups in total. The van der Waals surface area contributed by atoms with Crippen LogP contribution >= 0.6 is 0 Å². The molecule has 0 aliphatic heterocycles. The Labute approximate surface area is 377 Å². The lowest BCUT2D eigenvalue weighted by Crippen LogP contribution is -2.14. The molecule has 0 spiro atoms. The number of nitrogens with zero attached hydrogens (tertiary/aromatic N) is 5. The third kappa shape index (κ3) is 5.68. The molecule has 13 rings (SSSR count). The summed E-state index contributed by atoms with van der Waals surface area (Å²) in [5.74, 6) is 0.868. The molecular formula is C60H43N5. The molecule has 5 heteroatoms. The normalized spacial score (nSPS) is 12.9. The van der Waals surface area contributed by atoms with E-state index in [-0.39, 0.29) is 5.41 Å². The molecule has 1 aliphatic carbocycles. The third-order valence-electron chi connectivity index (χ3n) is 13.7. The molecule has 9 aromatic carbocycles. The average Bonchev–Trinajstić information content (AvgIpc) is 4.06. The van der Waals surface area contributed by atoms with Crippen LogP contribution in [0.4, 0.5) is 17.1 Å². The number of anilines is 3. The van der Waals surface area contributed by atoms with E-state index >= 15 is 0 Å². The lowest BCUT2D eigenvalue weighted by molar-refractivity contribution is 0.660. The Balaban J connectivity index is 0.998. The van der Waals surface area contributed by atoms with Crippen LogP contribution in [0.15, 0.2) is 224 Å². The van der Waals surface area contributed by atoms with Crippen LogP contribution in [0.2, 0.25) is 0 Å². The van der Waals surface area contributed by atoms with Gasteiger partial charge in [-0.3, -0.25) is 13.5 Å². The van der Waals surface area contributed by atoms with Crippen LogP contribution in [0.1, 0.15) is 25.0 Å². The van der Waals surface area contributed by atoms with Crippen molar-refractivity contribution < 1.29 is 0 Å². The van der Waals surface area contributed by atoms with Crippen LogP contribution in [-0.4, -0.2) is 18.5 Å². The first-order valence-electron chi connectivity index (χ1n) is 22.4. The molecule has 12 aromatic rings. The fourth-order valence-electron chi connectivity index (χ4n) is 10.5. The first-order valence-corrected chi connectivity index (χ1v) is 22.4. The van der Waals surface area contributed by atoms with Crippen molar-refractivity contribution in [2.45, 2.75) is 19.3 Å². The lowest BCUT2D eigenvalue weighted by atomic mass is 9.81. The topological polar surface area (TPSA) is 30.4 Å². The van der Waals surface area contributed by atoms with E-state index in [1.165, 1.54) is 44.5 Å². The van der Waals surface area contributed by atoms with Crippen LogP contribution in [0.3, 0.4) is 0 Å². The molecule has 308 valence electrons. The zero-order chi connectivity index (χ0) is 43.2. The summed E-state index contributed by atoms with van der Waals surface area (Å²) < 4.78 is 7.02. The summed E-state index contributed by atoms with van der Waals surface area (Å²) in [5, 5.41) is 1.13. The smallest absolute Gasteiger partial charge is 0.221 e. The van der Waals surface area contributed by atoms with Crippen LogP contribution in [0.25, 0.3) is 83.6 Å². The van der Waals surface area contributed by atoms with Crippen molar-refractivity contribution in [2.24, 2.45) is 0 Å². The van der Waals surface area contributed by atoms with Gasteiger partial charge in [-0.2, -0.15) is 0 Å². The zero-order valence-corrected chi connectivity index (χ0v) is 36.1. The van der Waals surface area contributed by atoms with E-state index < -0.39 is 0 Å². The number of fused-ring (bicyclic) bond motifs is 10. The van der Waals surface area contributed by atoms with E-state index in [0.29, 0.717) is 0 Å². The molecule has 0 saturated carbocycles. The van der Waals surface area contributed by atoms with Gasteiger partial charge in [-0.25, -0.2) is 4.98 Å². The van der Waals surface area contributed by atoms with E-state index in [4.69, 9.17) is 4.98 Å². The van der Waals surface area contributed by atoms with Crippen LogP contribution in [-0.2, 0) is 5.41 Å². The number of imidazole rings is 2. The predicted octanol–water partition coefficient (Wildman–Crippen LogP) is 15.5. The molecule has 3 aromatic heterocycles. The number of hydrogen-bond donors (Lipinski definition) is 0. The van der Waals surface area contributed by atoms with Crippen molar-refractivity contribution in [3.8, 4) is 44.8 Å². The number of aromatic nitrogens is 4. The predicted molar refractivity (Wildman–Crippen MR) is 269 cm³/mol. The summed E-state index contributed by atoms with van der Waals surface area (Å²) in [6, 6.07) is 81.2. The molecule has 65 heavy (non-hydrogen) atoms. The van der Waals surface area contributed by atoms with Crippen molar-refractivity contribution in [3.05, 3.63) is 236 Å². The van der Waals surface area contributed by atoms with Gasteiger partial charge < -0.3 is 4.90 Å². The van der Waals surface area contributed by atoms with Crippen LogP contribution in [0.5, 0.6) is 0 Å². The van der Waals surface area contributed by atoms with E-state index in [0.717, 1.165) is 67.3 Å². The molecule has 3 heterocycles. The fourth-order valence-corrected chi connectivity index (χ4v) is 10.5. The highest BCUT2D eigenvalue weighted by Crippen LogP contribution is 2.50. The van der Waals surface area contributed by atoms with Crippen molar-refractivity contribution in [3.63, 3.8) is 0 Å². The Hall–Kier alpha value is -8.41. The Bertz CT molecular complexity index is 3760. The van der Waals surface area contributed by atoms with E-state index in [1.54, 1.807) is 0 Å². The largest absolute Gasteiger partial charge is 0.310 e. The minimum absolute atomic E-state index is 0.0634. The molecule has 5 nitrogen and oxygen atoms in total. The van der Waals surface area contributed by atoms with Crippen LogP contribution < -0.4 is 4.90 Å². The highest BCUT2D eigenvalue weighted by molar-refractivity contribution is 6.09. The van der Waals surface area contributed by atoms with Gasteiger partial charge in [0.05, 0.1) is 16.6 Å². The number of benzene rings is 9. The molecule has 0 fully saturated rings. The van der Waals surface area contributed by atoms with Crippen LogP contribution in [0, 0.1) is 0 Å². The molecule has 0 bridgehead atoms. The summed E-state index contributed by atoms with van der Waals surface area (Å²) in [7, 11) is 0. The fraction of sp³-hybridized carbons (Fsp3) is 0.0500. The number of rotatable bonds is 7. The van der Waals surface area contributed by atoms with Gasteiger partial charge in [-0.05, 0) is 123 Å². The molecule has 0 unspecified atom stereocenters. The van der Waals surface area contributed by atoms with E-state index in [9.17, 15) is 0 Å². The van der Waals surface area contributed by atoms with Gasteiger partial charge in [0, 0.05) is 39.2 Å². The molecule has 0 atom stereocenters. The monoisotopic (exact) mass is 833 g/mol. The average molecular weight is 834 g/mol. The highest BCUT2D eigenvalue weighted by atomic mass is 15.3. The molecule has 0 saturated heterocycles. The van der Waals surface area contributed by atoms with Gasteiger partial charge in [0.15, 0.2) is 5.65 Å². The molecule has 0 radical (unpaired) electrons. The minimum Gasteiger partial charge on any atom is -0.310 e. The van der Waals surface area contributed by atoms with E-state index in [2.05, 4.69) is 257 Å². The highest BCUT2D eigenvalue weighted by Gasteiger charge is 2.35. The van der Waals surface area contributed by atoms with Gasteiger partial charge in [0.2, 0.25) is 5.78 Å². The van der Waals surface area contributed by atoms with Gasteiger partial charge in [0.1, 0.15) is 5.52 Å². The molecular weight excluding hydrogens is 791 g/mol. The van der Waals surface area contributed by atoms with Gasteiger partial charge in [-0.15, -0.1) is 0 Å². The summed E-state index contributed by atoms with van der Waals surface area (Å²) in [6.45, 7) is 4.69. The second-order valence-electron chi connectivity index (χ2n) is 17.7. The summed E-state index contributed by atoms with van der Waals surface area (Å²) >= 11 is 0. The Morgan fingerprint density at radius 1 is 0.400 bits per heavy atom. The van der Waals surface area contributed by atoms with Crippen molar-refractivity contribution in [1.82, 2.24) is 18.5 Å².